The molecule has 0 amide bonds. The van der Waals surface area contributed by atoms with Crippen molar-refractivity contribution in [2.24, 2.45) is 0 Å². The third kappa shape index (κ3) is 1.72. The number of rotatable bonds is 2. The molecule has 2 fully saturated rings. The van der Waals surface area contributed by atoms with Crippen LogP contribution in [0.5, 0.6) is 0 Å². The van der Waals surface area contributed by atoms with Crippen LogP contribution in [0.15, 0.2) is 0 Å². The van der Waals surface area contributed by atoms with Crippen molar-refractivity contribution in [2.75, 3.05) is 13.1 Å². The van der Waals surface area contributed by atoms with Crippen LogP contribution >= 0.6 is 11.6 Å². The van der Waals surface area contributed by atoms with Gasteiger partial charge in [-0.1, -0.05) is 6.42 Å². The molecule has 4 heteroatoms. The molecule has 1 saturated carbocycles. The Hall–Kier alpha value is -0.410. The second-order valence-corrected chi connectivity index (χ2v) is 4.80. The molecule has 1 aliphatic heterocycles. The molecule has 0 radical (unpaired) electrons. The predicted molar refractivity (Wildman–Crippen MR) is 57.9 cm³/mol. The molecule has 1 heterocycles. The monoisotopic (exact) mass is 229 g/mol. The molecule has 1 aliphatic carbocycles. The van der Waals surface area contributed by atoms with E-state index in [9.17, 15) is 9.59 Å². The minimum absolute atomic E-state index is 0.0376. The van der Waals surface area contributed by atoms with Crippen LogP contribution in [0.1, 0.15) is 38.5 Å². The van der Waals surface area contributed by atoms with Gasteiger partial charge in [0.15, 0.2) is 11.3 Å². The van der Waals surface area contributed by atoms with Crippen molar-refractivity contribution in [2.45, 2.75) is 44.1 Å². The van der Waals surface area contributed by atoms with E-state index in [4.69, 9.17) is 11.6 Å². The highest BCUT2D eigenvalue weighted by molar-refractivity contribution is 6.67. The van der Waals surface area contributed by atoms with E-state index in [2.05, 4.69) is 0 Å². The molecular weight excluding hydrogens is 214 g/mol. The number of ketones is 1. The van der Waals surface area contributed by atoms with Gasteiger partial charge in [0.2, 0.25) is 5.24 Å². The van der Waals surface area contributed by atoms with Crippen LogP contribution in [-0.2, 0) is 9.59 Å². The molecule has 15 heavy (non-hydrogen) atoms. The van der Waals surface area contributed by atoms with Gasteiger partial charge >= 0.3 is 0 Å². The zero-order chi connectivity index (χ0) is 10.9. The summed E-state index contributed by atoms with van der Waals surface area (Å²) in [5, 5.41) is -0.464. The molecule has 0 aromatic carbocycles. The highest BCUT2D eigenvalue weighted by Gasteiger charge is 2.50. The van der Waals surface area contributed by atoms with E-state index in [1.807, 2.05) is 4.90 Å². The molecule has 2 aliphatic rings. The highest BCUT2D eigenvalue weighted by Crippen LogP contribution is 2.35. The Bertz CT molecular complexity index is 286. The second kappa shape index (κ2) is 4.22. The smallest absolute Gasteiger partial charge is 0.249 e. The molecule has 3 nitrogen and oxygen atoms in total. The normalized spacial score (nSPS) is 33.3. The lowest BCUT2D eigenvalue weighted by molar-refractivity contribution is -0.141. The van der Waals surface area contributed by atoms with Crippen LogP contribution < -0.4 is 0 Å². The van der Waals surface area contributed by atoms with E-state index in [0.29, 0.717) is 12.8 Å². The zero-order valence-electron chi connectivity index (χ0n) is 8.80. The van der Waals surface area contributed by atoms with Gasteiger partial charge in [0, 0.05) is 6.42 Å². The van der Waals surface area contributed by atoms with Crippen molar-refractivity contribution >= 4 is 22.6 Å². The third-order valence-corrected chi connectivity index (χ3v) is 3.94. The van der Waals surface area contributed by atoms with E-state index in [-0.39, 0.29) is 5.78 Å². The summed E-state index contributed by atoms with van der Waals surface area (Å²) in [4.78, 5) is 25.6. The first-order valence-corrected chi connectivity index (χ1v) is 6.04. The molecule has 0 aromatic rings. The summed E-state index contributed by atoms with van der Waals surface area (Å²) in [6, 6.07) is 0. The summed E-state index contributed by atoms with van der Waals surface area (Å²) < 4.78 is 0. The fourth-order valence-electron chi connectivity index (χ4n) is 2.78. The van der Waals surface area contributed by atoms with E-state index in [0.717, 1.165) is 38.8 Å². The Morgan fingerprint density at radius 1 is 1.20 bits per heavy atom. The average molecular weight is 230 g/mol. The third-order valence-electron chi connectivity index (χ3n) is 3.62. The Kier molecular flexibility index (Phi) is 3.12. The molecule has 2 rings (SSSR count). The molecule has 1 atom stereocenters. The second-order valence-electron chi connectivity index (χ2n) is 4.46. The maximum Gasteiger partial charge on any atom is 0.249 e. The number of hydrogen-bond acceptors (Lipinski definition) is 3. The molecule has 1 saturated heterocycles. The van der Waals surface area contributed by atoms with Gasteiger partial charge in [-0.2, -0.15) is 0 Å². The first kappa shape index (κ1) is 11.1. The fourth-order valence-corrected chi connectivity index (χ4v) is 3.10. The lowest BCUT2D eigenvalue weighted by Crippen LogP contribution is -2.59. The predicted octanol–water partition coefficient (Wildman–Crippen LogP) is 1.73. The largest absolute Gasteiger partial charge is 0.297 e. The van der Waals surface area contributed by atoms with Crippen LogP contribution in [0, 0.1) is 0 Å². The molecule has 84 valence electrons. The number of nitrogens with zero attached hydrogens (tertiary/aromatic N) is 1. The zero-order valence-corrected chi connectivity index (χ0v) is 9.55. The molecule has 0 N–H and O–H groups in total. The van der Waals surface area contributed by atoms with E-state index in [1.54, 1.807) is 0 Å². The molecular formula is C11H16ClNO2. The Balaban J connectivity index is 2.29. The number of carbonyl (C=O) groups excluding carboxylic acids is 2. The van der Waals surface area contributed by atoms with Crippen molar-refractivity contribution in [3.05, 3.63) is 0 Å². The van der Waals surface area contributed by atoms with Gasteiger partial charge in [-0.3, -0.25) is 14.5 Å². The van der Waals surface area contributed by atoms with Crippen molar-refractivity contribution < 1.29 is 9.59 Å². The summed E-state index contributed by atoms with van der Waals surface area (Å²) in [6.45, 7) is 1.68. The lowest BCUT2D eigenvalue weighted by Gasteiger charge is -2.39. The van der Waals surface area contributed by atoms with Gasteiger partial charge < -0.3 is 0 Å². The summed E-state index contributed by atoms with van der Waals surface area (Å²) in [5.41, 5.74) is -0.962. The maximum absolute atomic E-state index is 12.0. The Morgan fingerprint density at radius 2 is 1.87 bits per heavy atom. The van der Waals surface area contributed by atoms with E-state index in [1.165, 1.54) is 0 Å². The Labute approximate surface area is 94.8 Å². The summed E-state index contributed by atoms with van der Waals surface area (Å²) in [7, 11) is 0. The number of halogens is 1. The first-order valence-electron chi connectivity index (χ1n) is 5.66. The van der Waals surface area contributed by atoms with Crippen molar-refractivity contribution in [3.8, 4) is 0 Å². The van der Waals surface area contributed by atoms with Crippen LogP contribution in [0.2, 0.25) is 0 Å². The first-order chi connectivity index (χ1) is 7.18. The quantitative estimate of drug-likeness (QED) is 0.535. The van der Waals surface area contributed by atoms with Crippen LogP contribution in [0.4, 0.5) is 0 Å². The summed E-state index contributed by atoms with van der Waals surface area (Å²) in [6.07, 6.45) is 5.10. The molecule has 1 unspecified atom stereocenters. The van der Waals surface area contributed by atoms with E-state index < -0.39 is 10.8 Å². The topological polar surface area (TPSA) is 37.4 Å². The van der Waals surface area contributed by atoms with Gasteiger partial charge in [-0.15, -0.1) is 0 Å². The standard InChI is InChI=1S/C11H16ClNO2/c12-10(15)11(13-7-3-4-8-13)6-2-1-5-9(11)14/h1-8H2. The number of likely N-dealkylation sites (tertiary alicyclic amines) is 1. The van der Waals surface area contributed by atoms with Crippen LogP contribution in [0.25, 0.3) is 0 Å². The Morgan fingerprint density at radius 3 is 2.40 bits per heavy atom. The summed E-state index contributed by atoms with van der Waals surface area (Å²) in [5.74, 6) is 0.0376. The minimum atomic E-state index is -0.962. The van der Waals surface area contributed by atoms with Crippen molar-refractivity contribution in [3.63, 3.8) is 0 Å². The molecule has 0 aromatic heterocycles. The van der Waals surface area contributed by atoms with E-state index >= 15 is 0 Å². The van der Waals surface area contributed by atoms with Crippen LogP contribution in [-0.4, -0.2) is 34.6 Å². The van der Waals surface area contributed by atoms with Crippen molar-refractivity contribution in [1.82, 2.24) is 4.90 Å². The highest BCUT2D eigenvalue weighted by atomic mass is 35.5. The number of carbonyl (C=O) groups is 2. The number of hydrogen-bond donors (Lipinski definition) is 0. The lowest BCUT2D eigenvalue weighted by atomic mass is 9.80. The summed E-state index contributed by atoms with van der Waals surface area (Å²) >= 11 is 5.69. The van der Waals surface area contributed by atoms with Gasteiger partial charge in [0.05, 0.1) is 0 Å². The van der Waals surface area contributed by atoms with Crippen LogP contribution in [0.3, 0.4) is 0 Å². The number of Topliss-reactive ketones (excluding diaryl/α,β-unsaturated/α-hetero) is 1. The molecule has 0 bridgehead atoms. The van der Waals surface area contributed by atoms with Gasteiger partial charge in [-0.05, 0) is 50.4 Å². The maximum atomic E-state index is 12.0. The SMILES string of the molecule is O=C(Cl)C1(N2CCCC2)CCCCC1=O. The van der Waals surface area contributed by atoms with Gasteiger partial charge in [-0.25, -0.2) is 0 Å². The fraction of sp³-hybridized carbons (Fsp3) is 0.818. The van der Waals surface area contributed by atoms with Crippen molar-refractivity contribution in [1.29, 1.82) is 0 Å². The van der Waals surface area contributed by atoms with Gasteiger partial charge in [0.25, 0.3) is 0 Å². The average Bonchev–Trinajstić information content (AvgIpc) is 2.71. The molecule has 0 spiro atoms. The minimum Gasteiger partial charge on any atom is -0.297 e. The van der Waals surface area contributed by atoms with Gasteiger partial charge in [0.1, 0.15) is 0 Å².